The van der Waals surface area contributed by atoms with Crippen molar-refractivity contribution in [1.82, 2.24) is 10.9 Å². The van der Waals surface area contributed by atoms with E-state index < -0.39 is 17.9 Å². The fraction of sp³-hybridized carbons (Fsp3) is 0.333. The number of carbonyl (C=O) groups is 2. The lowest BCUT2D eigenvalue weighted by atomic mass is 10.1. The van der Waals surface area contributed by atoms with Crippen molar-refractivity contribution < 1.29 is 19.1 Å². The maximum atomic E-state index is 12.1. The zero-order valence-electron chi connectivity index (χ0n) is 16.2. The summed E-state index contributed by atoms with van der Waals surface area (Å²) in [5, 5.41) is 0. The standard InChI is InChI=1S/C21H26N2O4/c1-5-17-7-6-8-18(12-17)26-13-20(24)22-23-21(25)16(4)27-19-10-9-14(2)15(3)11-19/h6-12,16H,5,13H2,1-4H3,(H,22,24)(H,23,25). The van der Waals surface area contributed by atoms with E-state index in [1.54, 1.807) is 13.0 Å². The smallest absolute Gasteiger partial charge is 0.279 e. The van der Waals surface area contributed by atoms with Crippen LogP contribution in [0.25, 0.3) is 0 Å². The van der Waals surface area contributed by atoms with Crippen LogP contribution in [0.3, 0.4) is 0 Å². The van der Waals surface area contributed by atoms with Gasteiger partial charge in [-0.1, -0.05) is 25.1 Å². The molecular formula is C21H26N2O4. The van der Waals surface area contributed by atoms with Gasteiger partial charge in [-0.25, -0.2) is 0 Å². The lowest BCUT2D eigenvalue weighted by molar-refractivity contribution is -0.133. The topological polar surface area (TPSA) is 76.7 Å². The molecule has 1 unspecified atom stereocenters. The molecule has 0 heterocycles. The van der Waals surface area contributed by atoms with Crippen LogP contribution in [0.15, 0.2) is 42.5 Å². The number of rotatable bonds is 7. The number of ether oxygens (including phenoxy) is 2. The predicted molar refractivity (Wildman–Crippen MR) is 104 cm³/mol. The molecule has 0 saturated carbocycles. The van der Waals surface area contributed by atoms with Gasteiger partial charge in [0.15, 0.2) is 12.7 Å². The third kappa shape index (κ3) is 6.33. The molecule has 144 valence electrons. The molecule has 27 heavy (non-hydrogen) atoms. The predicted octanol–water partition coefficient (Wildman–Crippen LogP) is 2.86. The van der Waals surface area contributed by atoms with Gasteiger partial charge in [0.2, 0.25) is 0 Å². The minimum Gasteiger partial charge on any atom is -0.484 e. The molecule has 0 aliphatic heterocycles. The van der Waals surface area contributed by atoms with Gasteiger partial charge < -0.3 is 9.47 Å². The number of aryl methyl sites for hydroxylation is 3. The second-order valence-electron chi connectivity index (χ2n) is 6.33. The quantitative estimate of drug-likeness (QED) is 0.735. The number of hydrogen-bond acceptors (Lipinski definition) is 4. The largest absolute Gasteiger partial charge is 0.484 e. The van der Waals surface area contributed by atoms with Crippen LogP contribution >= 0.6 is 0 Å². The van der Waals surface area contributed by atoms with E-state index in [1.807, 2.05) is 57.2 Å². The summed E-state index contributed by atoms with van der Waals surface area (Å²) in [7, 11) is 0. The Hall–Kier alpha value is -3.02. The molecule has 0 radical (unpaired) electrons. The van der Waals surface area contributed by atoms with Crippen LogP contribution < -0.4 is 20.3 Å². The minimum absolute atomic E-state index is 0.195. The van der Waals surface area contributed by atoms with Crippen LogP contribution in [0.4, 0.5) is 0 Å². The van der Waals surface area contributed by atoms with Crippen molar-refractivity contribution >= 4 is 11.8 Å². The Balaban J connectivity index is 1.76. The first-order valence-electron chi connectivity index (χ1n) is 8.93. The summed E-state index contributed by atoms with van der Waals surface area (Å²) in [6, 6.07) is 13.1. The van der Waals surface area contributed by atoms with Gasteiger partial charge in [-0.15, -0.1) is 0 Å². The number of carbonyl (C=O) groups excluding carboxylic acids is 2. The van der Waals surface area contributed by atoms with Gasteiger partial charge in [0.1, 0.15) is 11.5 Å². The van der Waals surface area contributed by atoms with Crippen LogP contribution in [0.1, 0.15) is 30.5 Å². The molecule has 2 aromatic rings. The fourth-order valence-electron chi connectivity index (χ4n) is 2.32. The van der Waals surface area contributed by atoms with E-state index in [9.17, 15) is 9.59 Å². The summed E-state index contributed by atoms with van der Waals surface area (Å²) >= 11 is 0. The maximum absolute atomic E-state index is 12.1. The molecule has 0 aliphatic rings. The molecule has 2 N–H and O–H groups in total. The Morgan fingerprint density at radius 3 is 2.48 bits per heavy atom. The third-order valence-corrected chi connectivity index (χ3v) is 4.16. The molecule has 6 nitrogen and oxygen atoms in total. The van der Waals surface area contributed by atoms with Gasteiger partial charge in [-0.3, -0.25) is 20.4 Å². The molecule has 1 atom stereocenters. The molecule has 0 aliphatic carbocycles. The van der Waals surface area contributed by atoms with Crippen LogP contribution in [0.2, 0.25) is 0 Å². The van der Waals surface area contributed by atoms with E-state index >= 15 is 0 Å². The molecular weight excluding hydrogens is 344 g/mol. The molecule has 0 aromatic heterocycles. The second-order valence-corrected chi connectivity index (χ2v) is 6.33. The third-order valence-electron chi connectivity index (χ3n) is 4.16. The zero-order valence-corrected chi connectivity index (χ0v) is 16.2. The summed E-state index contributed by atoms with van der Waals surface area (Å²) in [5.41, 5.74) is 8.02. The number of nitrogens with one attached hydrogen (secondary N) is 2. The van der Waals surface area contributed by atoms with Crippen molar-refractivity contribution in [2.75, 3.05) is 6.61 Å². The summed E-state index contributed by atoms with van der Waals surface area (Å²) in [6.45, 7) is 7.44. The Morgan fingerprint density at radius 2 is 1.78 bits per heavy atom. The molecule has 2 rings (SSSR count). The highest BCUT2D eigenvalue weighted by Crippen LogP contribution is 2.17. The zero-order chi connectivity index (χ0) is 19.8. The number of amides is 2. The number of hydrogen-bond donors (Lipinski definition) is 2. The van der Waals surface area contributed by atoms with Gasteiger partial charge >= 0.3 is 0 Å². The molecule has 6 heteroatoms. The van der Waals surface area contributed by atoms with Crippen molar-refractivity contribution in [3.05, 3.63) is 59.2 Å². The maximum Gasteiger partial charge on any atom is 0.279 e. The second kappa shape index (κ2) is 9.62. The highest BCUT2D eigenvalue weighted by Gasteiger charge is 2.16. The average Bonchev–Trinajstić information content (AvgIpc) is 2.67. The van der Waals surface area contributed by atoms with Crippen molar-refractivity contribution in [2.24, 2.45) is 0 Å². The van der Waals surface area contributed by atoms with Gasteiger partial charge in [0.05, 0.1) is 0 Å². The summed E-state index contributed by atoms with van der Waals surface area (Å²) in [4.78, 5) is 23.9. The first kappa shape index (κ1) is 20.3. The normalized spacial score (nSPS) is 11.4. The van der Waals surface area contributed by atoms with E-state index in [1.165, 1.54) is 0 Å². The highest BCUT2D eigenvalue weighted by atomic mass is 16.5. The summed E-state index contributed by atoms with van der Waals surface area (Å²) in [5.74, 6) is 0.312. The lowest BCUT2D eigenvalue weighted by Crippen LogP contribution is -2.48. The van der Waals surface area contributed by atoms with E-state index in [-0.39, 0.29) is 6.61 Å². The van der Waals surface area contributed by atoms with E-state index in [0.29, 0.717) is 11.5 Å². The Bertz CT molecular complexity index is 805. The molecule has 0 spiro atoms. The SMILES string of the molecule is CCc1cccc(OCC(=O)NNC(=O)C(C)Oc2ccc(C)c(C)c2)c1. The Kier molecular flexibility index (Phi) is 7.23. The lowest BCUT2D eigenvalue weighted by Gasteiger charge is -2.16. The van der Waals surface area contributed by atoms with Crippen molar-refractivity contribution in [3.8, 4) is 11.5 Å². The Morgan fingerprint density at radius 1 is 1.00 bits per heavy atom. The van der Waals surface area contributed by atoms with Gasteiger partial charge in [0.25, 0.3) is 11.8 Å². The van der Waals surface area contributed by atoms with Crippen LogP contribution in [0.5, 0.6) is 11.5 Å². The Labute approximate surface area is 159 Å². The van der Waals surface area contributed by atoms with Crippen molar-refractivity contribution in [2.45, 2.75) is 40.2 Å². The van der Waals surface area contributed by atoms with E-state index in [2.05, 4.69) is 10.9 Å². The summed E-state index contributed by atoms with van der Waals surface area (Å²) < 4.78 is 11.0. The van der Waals surface area contributed by atoms with Gasteiger partial charge in [-0.05, 0) is 68.1 Å². The van der Waals surface area contributed by atoms with E-state index in [4.69, 9.17) is 9.47 Å². The van der Waals surface area contributed by atoms with Crippen LogP contribution in [-0.4, -0.2) is 24.5 Å². The highest BCUT2D eigenvalue weighted by molar-refractivity contribution is 5.85. The average molecular weight is 370 g/mol. The molecule has 2 amide bonds. The molecule has 0 fully saturated rings. The first-order chi connectivity index (χ1) is 12.9. The first-order valence-corrected chi connectivity index (χ1v) is 8.93. The fourth-order valence-corrected chi connectivity index (χ4v) is 2.32. The van der Waals surface area contributed by atoms with Crippen molar-refractivity contribution in [3.63, 3.8) is 0 Å². The van der Waals surface area contributed by atoms with Crippen molar-refractivity contribution in [1.29, 1.82) is 0 Å². The number of hydrazine groups is 1. The molecule has 0 saturated heterocycles. The molecule has 2 aromatic carbocycles. The molecule has 0 bridgehead atoms. The van der Waals surface area contributed by atoms with Gasteiger partial charge in [-0.2, -0.15) is 0 Å². The minimum atomic E-state index is -0.755. The summed E-state index contributed by atoms with van der Waals surface area (Å²) in [6.07, 6.45) is 0.132. The van der Waals surface area contributed by atoms with Crippen LogP contribution in [0, 0.1) is 13.8 Å². The number of benzene rings is 2. The van der Waals surface area contributed by atoms with Gasteiger partial charge in [0, 0.05) is 0 Å². The van der Waals surface area contributed by atoms with E-state index in [0.717, 1.165) is 23.1 Å². The van der Waals surface area contributed by atoms with Crippen LogP contribution in [-0.2, 0) is 16.0 Å². The monoisotopic (exact) mass is 370 g/mol.